The number of ether oxygens (including phenoxy) is 1. The maximum absolute atomic E-state index is 10.7. The van der Waals surface area contributed by atoms with Crippen molar-refractivity contribution < 1.29 is 9.84 Å². The van der Waals surface area contributed by atoms with Gasteiger partial charge in [0.25, 0.3) is 0 Å². The van der Waals surface area contributed by atoms with E-state index in [0.29, 0.717) is 13.2 Å². The molecule has 7 heteroatoms. The highest BCUT2D eigenvalue weighted by Crippen LogP contribution is 2.25. The van der Waals surface area contributed by atoms with E-state index in [1.165, 1.54) is 12.8 Å². The lowest BCUT2D eigenvalue weighted by atomic mass is 9.93. The summed E-state index contributed by atoms with van der Waals surface area (Å²) in [6.45, 7) is 10.1. The van der Waals surface area contributed by atoms with Crippen LogP contribution in [-0.2, 0) is 4.74 Å². The topological polar surface area (TPSA) is 65.0 Å². The van der Waals surface area contributed by atoms with Crippen LogP contribution in [-0.4, -0.2) is 84.6 Å². The van der Waals surface area contributed by atoms with Gasteiger partial charge in [-0.05, 0) is 19.8 Å². The van der Waals surface area contributed by atoms with Crippen LogP contribution in [0.25, 0.3) is 0 Å². The van der Waals surface area contributed by atoms with Gasteiger partial charge >= 0.3 is 0 Å². The van der Waals surface area contributed by atoms with E-state index >= 15 is 0 Å². The van der Waals surface area contributed by atoms with Crippen LogP contribution in [0.4, 0.5) is 11.6 Å². The first-order chi connectivity index (χ1) is 12.6. The molecular formula is C19H31N5O2. The number of β-amino-alcohol motifs (C(OH)–C–C–N with tert-alkyl or cyclic N) is 1. The Bertz CT molecular complexity index is 606. The molecule has 0 spiro atoms. The van der Waals surface area contributed by atoms with Crippen LogP contribution in [0.1, 0.15) is 31.5 Å². The number of aryl methyl sites for hydroxylation is 1. The van der Waals surface area contributed by atoms with Gasteiger partial charge in [0.05, 0.1) is 5.60 Å². The zero-order valence-corrected chi connectivity index (χ0v) is 15.9. The predicted octanol–water partition coefficient (Wildman–Crippen LogP) is 1.05. The van der Waals surface area contributed by atoms with E-state index in [1.807, 2.05) is 6.92 Å². The third-order valence-electron chi connectivity index (χ3n) is 5.88. The molecule has 0 atom stereocenters. The van der Waals surface area contributed by atoms with Crippen molar-refractivity contribution in [2.75, 3.05) is 68.8 Å². The van der Waals surface area contributed by atoms with Gasteiger partial charge < -0.3 is 19.6 Å². The van der Waals surface area contributed by atoms with Crippen LogP contribution < -0.4 is 9.80 Å². The van der Waals surface area contributed by atoms with Gasteiger partial charge in [0.2, 0.25) is 0 Å². The van der Waals surface area contributed by atoms with Gasteiger partial charge in [0, 0.05) is 77.9 Å². The lowest BCUT2D eigenvalue weighted by molar-refractivity contribution is -0.0802. The highest BCUT2D eigenvalue weighted by Gasteiger charge is 2.33. The molecule has 0 unspecified atom stereocenters. The molecule has 1 aromatic heterocycles. The summed E-state index contributed by atoms with van der Waals surface area (Å²) in [5.41, 5.74) is -0.575. The van der Waals surface area contributed by atoms with Crippen molar-refractivity contribution in [3.8, 4) is 0 Å². The van der Waals surface area contributed by atoms with Crippen molar-refractivity contribution in [2.45, 2.75) is 38.2 Å². The normalized spacial score (nSPS) is 24.2. The van der Waals surface area contributed by atoms with E-state index in [4.69, 9.17) is 4.74 Å². The van der Waals surface area contributed by atoms with Gasteiger partial charge in [-0.1, -0.05) is 0 Å². The summed E-state index contributed by atoms with van der Waals surface area (Å²) < 4.78 is 5.39. The van der Waals surface area contributed by atoms with Gasteiger partial charge in [0.15, 0.2) is 0 Å². The Labute approximate surface area is 156 Å². The van der Waals surface area contributed by atoms with Gasteiger partial charge in [0.1, 0.15) is 17.5 Å². The summed E-state index contributed by atoms with van der Waals surface area (Å²) in [6, 6.07) is 2.15. The first-order valence-electron chi connectivity index (χ1n) is 9.99. The Morgan fingerprint density at radius 2 is 1.54 bits per heavy atom. The minimum absolute atomic E-state index is 0.575. The maximum Gasteiger partial charge on any atom is 0.134 e. The number of rotatable bonds is 4. The molecule has 7 nitrogen and oxygen atoms in total. The van der Waals surface area contributed by atoms with E-state index in [0.717, 1.165) is 76.1 Å². The van der Waals surface area contributed by atoms with Gasteiger partial charge in [-0.2, -0.15) is 0 Å². The predicted molar refractivity (Wildman–Crippen MR) is 102 cm³/mol. The molecule has 0 aliphatic carbocycles. The molecule has 1 aromatic rings. The molecule has 3 aliphatic rings. The van der Waals surface area contributed by atoms with Crippen LogP contribution in [0.5, 0.6) is 0 Å². The fourth-order valence-corrected chi connectivity index (χ4v) is 4.27. The lowest BCUT2D eigenvalue weighted by Gasteiger charge is -2.41. The Balaban J connectivity index is 1.37. The summed E-state index contributed by atoms with van der Waals surface area (Å²) in [7, 11) is 0. The van der Waals surface area contributed by atoms with Gasteiger partial charge in [-0.15, -0.1) is 0 Å². The summed E-state index contributed by atoms with van der Waals surface area (Å²) in [6.07, 6.45) is 4.01. The Kier molecular flexibility index (Phi) is 5.29. The van der Waals surface area contributed by atoms with Crippen molar-refractivity contribution in [1.82, 2.24) is 14.9 Å². The van der Waals surface area contributed by atoms with Gasteiger partial charge in [-0.25, -0.2) is 9.97 Å². The molecule has 1 N–H and O–H groups in total. The SMILES string of the molecule is Cc1nc(N2CCCC2)cc(N2CCN(CC3(O)CCOCC3)CC2)n1. The molecule has 3 fully saturated rings. The fourth-order valence-electron chi connectivity index (χ4n) is 4.27. The standard InChI is InChI=1S/C19H31N5O2/c1-16-20-17(23-6-2-3-7-23)14-18(21-16)24-10-8-22(9-11-24)15-19(25)4-12-26-13-5-19/h14,25H,2-13,15H2,1H3. The molecule has 4 heterocycles. The van der Waals surface area contributed by atoms with E-state index < -0.39 is 5.60 Å². The van der Waals surface area contributed by atoms with Crippen molar-refractivity contribution in [2.24, 2.45) is 0 Å². The number of aliphatic hydroxyl groups is 1. The second-order valence-corrected chi connectivity index (χ2v) is 7.93. The molecule has 144 valence electrons. The average molecular weight is 361 g/mol. The smallest absolute Gasteiger partial charge is 0.134 e. The largest absolute Gasteiger partial charge is 0.388 e. The molecular weight excluding hydrogens is 330 g/mol. The first-order valence-corrected chi connectivity index (χ1v) is 9.99. The minimum Gasteiger partial charge on any atom is -0.388 e. The molecule has 3 aliphatic heterocycles. The van der Waals surface area contributed by atoms with Crippen molar-refractivity contribution in [3.63, 3.8) is 0 Å². The van der Waals surface area contributed by atoms with E-state index in [9.17, 15) is 5.11 Å². The van der Waals surface area contributed by atoms with E-state index in [-0.39, 0.29) is 0 Å². The van der Waals surface area contributed by atoms with Crippen LogP contribution in [0.3, 0.4) is 0 Å². The summed E-state index contributed by atoms with van der Waals surface area (Å²) in [4.78, 5) is 16.4. The highest BCUT2D eigenvalue weighted by molar-refractivity contribution is 5.51. The second-order valence-electron chi connectivity index (χ2n) is 7.93. The molecule has 0 amide bonds. The number of aromatic nitrogens is 2. The number of nitrogens with zero attached hydrogens (tertiary/aromatic N) is 5. The third kappa shape index (κ3) is 4.10. The van der Waals surface area contributed by atoms with Crippen molar-refractivity contribution in [1.29, 1.82) is 0 Å². The molecule has 3 saturated heterocycles. The van der Waals surface area contributed by atoms with E-state index in [1.54, 1.807) is 0 Å². The quantitative estimate of drug-likeness (QED) is 0.860. The molecule has 0 bridgehead atoms. The van der Waals surface area contributed by atoms with Crippen LogP contribution in [0.2, 0.25) is 0 Å². The zero-order chi connectivity index (χ0) is 18.0. The maximum atomic E-state index is 10.7. The molecule has 0 saturated carbocycles. The van der Waals surface area contributed by atoms with Crippen LogP contribution >= 0.6 is 0 Å². The Hall–Kier alpha value is -1.44. The number of hydrogen-bond acceptors (Lipinski definition) is 7. The monoisotopic (exact) mass is 361 g/mol. The summed E-state index contributed by atoms with van der Waals surface area (Å²) in [5, 5.41) is 10.7. The Morgan fingerprint density at radius 1 is 0.962 bits per heavy atom. The lowest BCUT2D eigenvalue weighted by Crippen LogP contribution is -2.53. The molecule has 26 heavy (non-hydrogen) atoms. The highest BCUT2D eigenvalue weighted by atomic mass is 16.5. The zero-order valence-electron chi connectivity index (χ0n) is 15.9. The van der Waals surface area contributed by atoms with E-state index in [2.05, 4.69) is 30.7 Å². The second kappa shape index (κ2) is 7.66. The Morgan fingerprint density at radius 3 is 2.15 bits per heavy atom. The molecule has 0 aromatic carbocycles. The average Bonchev–Trinajstić information content (AvgIpc) is 3.17. The van der Waals surface area contributed by atoms with Gasteiger partial charge in [-0.3, -0.25) is 4.90 Å². The first kappa shape index (κ1) is 17.9. The summed E-state index contributed by atoms with van der Waals surface area (Å²) in [5.74, 6) is 2.97. The van der Waals surface area contributed by atoms with Crippen LogP contribution in [0.15, 0.2) is 6.07 Å². The van der Waals surface area contributed by atoms with Crippen molar-refractivity contribution in [3.05, 3.63) is 11.9 Å². The molecule has 0 radical (unpaired) electrons. The minimum atomic E-state index is -0.575. The third-order valence-corrected chi connectivity index (χ3v) is 5.88. The number of anilines is 2. The van der Waals surface area contributed by atoms with Crippen molar-refractivity contribution >= 4 is 11.6 Å². The van der Waals surface area contributed by atoms with Crippen LogP contribution in [0, 0.1) is 6.92 Å². The summed E-state index contributed by atoms with van der Waals surface area (Å²) >= 11 is 0. The number of hydrogen-bond donors (Lipinski definition) is 1. The number of piperazine rings is 1. The fraction of sp³-hybridized carbons (Fsp3) is 0.789. The molecule has 4 rings (SSSR count).